The Labute approximate surface area is 155 Å². The summed E-state index contributed by atoms with van der Waals surface area (Å²) in [6, 6.07) is 14.5. The third-order valence-corrected chi connectivity index (χ3v) is 5.03. The molecule has 0 radical (unpaired) electrons. The van der Waals surface area contributed by atoms with Gasteiger partial charge in [0.15, 0.2) is 0 Å². The van der Waals surface area contributed by atoms with Crippen LogP contribution in [-0.2, 0) is 23.2 Å². The van der Waals surface area contributed by atoms with E-state index in [1.807, 2.05) is 18.2 Å². The van der Waals surface area contributed by atoms with E-state index in [1.165, 1.54) is 0 Å². The number of hydrogen-bond acceptors (Lipinski definition) is 4. The Balaban J connectivity index is 1.59. The Morgan fingerprint density at radius 2 is 1.67 bits per heavy atom. The van der Waals surface area contributed by atoms with E-state index in [0.29, 0.717) is 24.0 Å². The standard InChI is InChI=1S/C19H16F2N2O3S/c20-15-9-16(21)11-19(10-15)27(24,25)23-12-14-4-6-18(7-5-14)26-13-17-3-1-2-8-22-17/h1-11,23H,12-13H2. The number of halogens is 2. The molecular weight excluding hydrogens is 374 g/mol. The van der Waals surface area contributed by atoms with Crippen LogP contribution in [0.15, 0.2) is 71.8 Å². The Bertz CT molecular complexity index is 991. The van der Waals surface area contributed by atoms with E-state index in [0.717, 1.165) is 17.8 Å². The molecule has 0 atom stereocenters. The molecule has 3 aromatic rings. The van der Waals surface area contributed by atoms with Gasteiger partial charge < -0.3 is 4.74 Å². The summed E-state index contributed by atoms with van der Waals surface area (Å²) in [5, 5.41) is 0. The van der Waals surface area contributed by atoms with Crippen LogP contribution in [-0.4, -0.2) is 13.4 Å². The van der Waals surface area contributed by atoms with Crippen LogP contribution < -0.4 is 9.46 Å². The van der Waals surface area contributed by atoms with Crippen LogP contribution in [0.2, 0.25) is 0 Å². The Kier molecular flexibility index (Phi) is 5.78. The number of nitrogens with zero attached hydrogens (tertiary/aromatic N) is 1. The van der Waals surface area contributed by atoms with Crippen molar-refractivity contribution in [1.82, 2.24) is 9.71 Å². The molecule has 0 saturated carbocycles. The lowest BCUT2D eigenvalue weighted by molar-refractivity contribution is 0.301. The molecule has 1 aromatic heterocycles. The predicted molar refractivity (Wildman–Crippen MR) is 95.4 cm³/mol. The number of benzene rings is 2. The maximum Gasteiger partial charge on any atom is 0.241 e. The first-order valence-electron chi connectivity index (χ1n) is 8.00. The topological polar surface area (TPSA) is 68.3 Å². The molecule has 2 aromatic carbocycles. The van der Waals surface area contributed by atoms with Crippen molar-refractivity contribution >= 4 is 10.0 Å². The monoisotopic (exact) mass is 390 g/mol. The summed E-state index contributed by atoms with van der Waals surface area (Å²) >= 11 is 0. The zero-order valence-electron chi connectivity index (χ0n) is 14.1. The Morgan fingerprint density at radius 3 is 2.30 bits per heavy atom. The maximum atomic E-state index is 13.2. The van der Waals surface area contributed by atoms with Gasteiger partial charge >= 0.3 is 0 Å². The van der Waals surface area contributed by atoms with Crippen LogP contribution in [0.4, 0.5) is 8.78 Å². The number of aromatic nitrogens is 1. The van der Waals surface area contributed by atoms with E-state index in [9.17, 15) is 17.2 Å². The molecule has 0 fully saturated rings. The number of sulfonamides is 1. The highest BCUT2D eigenvalue weighted by Gasteiger charge is 2.16. The van der Waals surface area contributed by atoms with Crippen molar-refractivity contribution in [2.75, 3.05) is 0 Å². The first-order valence-corrected chi connectivity index (χ1v) is 9.48. The molecule has 0 bridgehead atoms. The Hall–Kier alpha value is -2.84. The highest BCUT2D eigenvalue weighted by Crippen LogP contribution is 2.16. The third-order valence-electron chi connectivity index (χ3n) is 3.65. The lowest BCUT2D eigenvalue weighted by Crippen LogP contribution is -2.23. The van der Waals surface area contributed by atoms with Gasteiger partial charge in [-0.25, -0.2) is 21.9 Å². The van der Waals surface area contributed by atoms with Gasteiger partial charge in [0.2, 0.25) is 10.0 Å². The Morgan fingerprint density at radius 1 is 0.963 bits per heavy atom. The van der Waals surface area contributed by atoms with Crippen LogP contribution in [0.1, 0.15) is 11.3 Å². The van der Waals surface area contributed by atoms with E-state index in [-0.39, 0.29) is 6.54 Å². The van der Waals surface area contributed by atoms with Crippen molar-refractivity contribution in [3.8, 4) is 5.75 Å². The zero-order chi connectivity index (χ0) is 19.3. The van der Waals surface area contributed by atoms with Crippen LogP contribution >= 0.6 is 0 Å². The second-order valence-electron chi connectivity index (χ2n) is 5.68. The smallest absolute Gasteiger partial charge is 0.241 e. The van der Waals surface area contributed by atoms with Crippen molar-refractivity contribution in [2.24, 2.45) is 0 Å². The largest absolute Gasteiger partial charge is 0.487 e. The van der Waals surface area contributed by atoms with Gasteiger partial charge in [0.05, 0.1) is 10.6 Å². The first-order chi connectivity index (χ1) is 12.9. The summed E-state index contributed by atoms with van der Waals surface area (Å²) in [5.41, 5.74) is 1.46. The van der Waals surface area contributed by atoms with Crippen molar-refractivity contribution in [3.63, 3.8) is 0 Å². The minimum Gasteiger partial charge on any atom is -0.487 e. The van der Waals surface area contributed by atoms with Gasteiger partial charge in [0, 0.05) is 18.8 Å². The van der Waals surface area contributed by atoms with Crippen molar-refractivity contribution < 1.29 is 21.9 Å². The number of pyridine rings is 1. The molecule has 0 spiro atoms. The molecular formula is C19H16F2N2O3S. The summed E-state index contributed by atoms with van der Waals surface area (Å²) in [4.78, 5) is 3.69. The second kappa shape index (κ2) is 8.24. The van der Waals surface area contributed by atoms with Crippen molar-refractivity contribution in [2.45, 2.75) is 18.0 Å². The lowest BCUT2D eigenvalue weighted by atomic mass is 10.2. The molecule has 140 valence electrons. The SMILES string of the molecule is O=S(=O)(NCc1ccc(OCc2ccccn2)cc1)c1cc(F)cc(F)c1. The van der Waals surface area contributed by atoms with Gasteiger partial charge in [-0.15, -0.1) is 0 Å². The average molecular weight is 390 g/mol. The molecule has 0 saturated heterocycles. The van der Waals surface area contributed by atoms with Crippen LogP contribution in [0.25, 0.3) is 0 Å². The highest BCUT2D eigenvalue weighted by atomic mass is 32.2. The summed E-state index contributed by atoms with van der Waals surface area (Å²) in [6.07, 6.45) is 1.68. The summed E-state index contributed by atoms with van der Waals surface area (Å²) in [5.74, 6) is -1.30. The molecule has 1 N–H and O–H groups in total. The van der Waals surface area contributed by atoms with E-state index >= 15 is 0 Å². The molecule has 3 rings (SSSR count). The van der Waals surface area contributed by atoms with Crippen LogP contribution in [0.3, 0.4) is 0 Å². The summed E-state index contributed by atoms with van der Waals surface area (Å²) in [6.45, 7) is 0.291. The van der Waals surface area contributed by atoms with E-state index < -0.39 is 26.6 Å². The van der Waals surface area contributed by atoms with Gasteiger partial charge in [-0.1, -0.05) is 18.2 Å². The minimum absolute atomic E-state index is 0.0268. The predicted octanol–water partition coefficient (Wildman–Crippen LogP) is 3.42. The molecule has 0 unspecified atom stereocenters. The number of hydrogen-bond donors (Lipinski definition) is 1. The van der Waals surface area contributed by atoms with Crippen LogP contribution in [0, 0.1) is 11.6 Å². The fourth-order valence-electron chi connectivity index (χ4n) is 2.29. The second-order valence-corrected chi connectivity index (χ2v) is 7.45. The van der Waals surface area contributed by atoms with E-state index in [2.05, 4.69) is 9.71 Å². The zero-order valence-corrected chi connectivity index (χ0v) is 14.9. The van der Waals surface area contributed by atoms with Gasteiger partial charge in [0.25, 0.3) is 0 Å². The summed E-state index contributed by atoms with van der Waals surface area (Å²) in [7, 11) is -4.03. The van der Waals surface area contributed by atoms with E-state index in [1.54, 1.807) is 30.5 Å². The number of ether oxygens (including phenoxy) is 1. The van der Waals surface area contributed by atoms with Gasteiger partial charge in [0.1, 0.15) is 24.0 Å². The number of nitrogens with one attached hydrogen (secondary N) is 1. The average Bonchev–Trinajstić information content (AvgIpc) is 2.66. The van der Waals surface area contributed by atoms with Crippen molar-refractivity contribution in [1.29, 1.82) is 0 Å². The van der Waals surface area contributed by atoms with Gasteiger partial charge in [-0.2, -0.15) is 0 Å². The molecule has 8 heteroatoms. The molecule has 0 aliphatic rings. The minimum atomic E-state index is -4.03. The normalized spacial score (nSPS) is 11.3. The molecule has 0 aliphatic heterocycles. The number of rotatable bonds is 7. The quantitative estimate of drug-likeness (QED) is 0.671. The fourth-order valence-corrected chi connectivity index (χ4v) is 3.35. The van der Waals surface area contributed by atoms with E-state index in [4.69, 9.17) is 4.74 Å². The molecule has 0 aliphatic carbocycles. The molecule has 5 nitrogen and oxygen atoms in total. The van der Waals surface area contributed by atoms with Crippen LogP contribution in [0.5, 0.6) is 5.75 Å². The fraction of sp³-hybridized carbons (Fsp3) is 0.105. The first kappa shape index (κ1) is 18.9. The lowest BCUT2D eigenvalue weighted by Gasteiger charge is -2.09. The highest BCUT2D eigenvalue weighted by molar-refractivity contribution is 7.89. The summed E-state index contributed by atoms with van der Waals surface area (Å²) < 4.78 is 58.7. The maximum absolute atomic E-state index is 13.2. The van der Waals surface area contributed by atoms with Crippen molar-refractivity contribution in [3.05, 3.63) is 89.8 Å². The van der Waals surface area contributed by atoms with Gasteiger partial charge in [-0.05, 0) is 42.0 Å². The third kappa shape index (κ3) is 5.32. The molecule has 27 heavy (non-hydrogen) atoms. The molecule has 0 amide bonds. The van der Waals surface area contributed by atoms with Gasteiger partial charge in [-0.3, -0.25) is 4.98 Å². The molecule has 1 heterocycles.